The number of nitrogens with one attached hydrogen (secondary N) is 1. The van der Waals surface area contributed by atoms with Crippen molar-refractivity contribution in [3.8, 4) is 0 Å². The summed E-state index contributed by atoms with van der Waals surface area (Å²) in [5.41, 5.74) is 3.78. The van der Waals surface area contributed by atoms with Crippen molar-refractivity contribution in [1.82, 2.24) is 10.2 Å². The average molecular weight is 380 g/mol. The first-order valence-electron chi connectivity index (χ1n) is 10.5. The molecule has 150 valence electrons. The highest BCUT2D eigenvalue weighted by Crippen LogP contribution is 2.22. The van der Waals surface area contributed by atoms with Gasteiger partial charge in [0.25, 0.3) is 0 Å². The second kappa shape index (κ2) is 9.74. The van der Waals surface area contributed by atoms with Crippen LogP contribution in [0.4, 0.5) is 5.69 Å². The van der Waals surface area contributed by atoms with Gasteiger partial charge in [0.1, 0.15) is 0 Å². The van der Waals surface area contributed by atoms with E-state index in [2.05, 4.69) is 84.4 Å². The molecule has 0 aliphatic carbocycles. The fourth-order valence-electron chi connectivity index (χ4n) is 3.82. The maximum atomic E-state index is 12.7. The number of benzene rings is 2. The monoisotopic (exact) mass is 379 g/mol. The van der Waals surface area contributed by atoms with Gasteiger partial charge in [0.2, 0.25) is 5.91 Å². The summed E-state index contributed by atoms with van der Waals surface area (Å²) in [5.74, 6) is 0.470. The smallest absolute Gasteiger partial charge is 0.234 e. The zero-order chi connectivity index (χ0) is 19.9. The molecule has 1 N–H and O–H groups in total. The van der Waals surface area contributed by atoms with Crippen LogP contribution >= 0.6 is 0 Å². The van der Waals surface area contributed by atoms with Gasteiger partial charge >= 0.3 is 0 Å². The molecule has 28 heavy (non-hydrogen) atoms. The molecule has 0 radical (unpaired) electrons. The summed E-state index contributed by atoms with van der Waals surface area (Å²) in [5, 5.41) is 3.27. The van der Waals surface area contributed by atoms with Crippen LogP contribution in [0.25, 0.3) is 0 Å². The number of anilines is 1. The second-order valence-electron chi connectivity index (χ2n) is 7.98. The second-order valence-corrected chi connectivity index (χ2v) is 7.98. The lowest BCUT2D eigenvalue weighted by atomic mass is 9.95. The number of carbonyl (C=O) groups is 1. The molecule has 1 atom stereocenters. The van der Waals surface area contributed by atoms with Crippen LogP contribution in [0.15, 0.2) is 54.6 Å². The molecule has 4 heteroatoms. The Labute approximate surface area is 169 Å². The van der Waals surface area contributed by atoms with Crippen molar-refractivity contribution in [3.63, 3.8) is 0 Å². The van der Waals surface area contributed by atoms with Crippen molar-refractivity contribution >= 4 is 11.6 Å². The maximum absolute atomic E-state index is 12.7. The maximum Gasteiger partial charge on any atom is 0.234 e. The lowest BCUT2D eigenvalue weighted by Crippen LogP contribution is -2.50. The molecule has 1 fully saturated rings. The van der Waals surface area contributed by atoms with Gasteiger partial charge < -0.3 is 10.2 Å². The summed E-state index contributed by atoms with van der Waals surface area (Å²) >= 11 is 0. The molecule has 4 nitrogen and oxygen atoms in total. The molecule has 2 aromatic carbocycles. The van der Waals surface area contributed by atoms with E-state index in [9.17, 15) is 4.79 Å². The fourth-order valence-corrected chi connectivity index (χ4v) is 3.82. The summed E-state index contributed by atoms with van der Waals surface area (Å²) in [7, 11) is 0. The normalized spacial score (nSPS) is 16.2. The zero-order valence-electron chi connectivity index (χ0n) is 17.4. The molecule has 1 amide bonds. The Morgan fingerprint density at radius 3 is 2.18 bits per heavy atom. The van der Waals surface area contributed by atoms with Gasteiger partial charge in [0.05, 0.1) is 12.6 Å². The molecule has 0 saturated carbocycles. The van der Waals surface area contributed by atoms with Crippen LogP contribution in [0, 0.1) is 5.92 Å². The van der Waals surface area contributed by atoms with Crippen molar-refractivity contribution in [2.24, 2.45) is 5.92 Å². The Morgan fingerprint density at radius 2 is 1.61 bits per heavy atom. The topological polar surface area (TPSA) is 35.6 Å². The van der Waals surface area contributed by atoms with Crippen LogP contribution < -0.4 is 10.2 Å². The summed E-state index contributed by atoms with van der Waals surface area (Å²) in [6.45, 7) is 10.7. The first-order valence-corrected chi connectivity index (χ1v) is 10.5. The van der Waals surface area contributed by atoms with E-state index < -0.39 is 0 Å². The third-order valence-electron chi connectivity index (χ3n) is 5.59. The highest BCUT2D eigenvalue weighted by atomic mass is 16.2. The van der Waals surface area contributed by atoms with Crippen LogP contribution in [-0.4, -0.2) is 43.5 Å². The first-order chi connectivity index (χ1) is 13.6. The Kier molecular flexibility index (Phi) is 7.10. The minimum absolute atomic E-state index is 0.0593. The molecule has 1 saturated heterocycles. The predicted octanol–water partition coefficient (Wildman–Crippen LogP) is 3.88. The van der Waals surface area contributed by atoms with Crippen molar-refractivity contribution in [3.05, 3.63) is 65.7 Å². The third kappa shape index (κ3) is 5.35. The predicted molar refractivity (Wildman–Crippen MR) is 117 cm³/mol. The molecular formula is C24H33N3O. The number of piperazine rings is 1. The van der Waals surface area contributed by atoms with Gasteiger partial charge in [-0.1, -0.05) is 63.2 Å². The molecule has 2 aromatic rings. The van der Waals surface area contributed by atoms with Gasteiger partial charge in [-0.05, 0) is 35.6 Å². The highest BCUT2D eigenvalue weighted by Gasteiger charge is 2.22. The number of rotatable bonds is 7. The van der Waals surface area contributed by atoms with E-state index in [-0.39, 0.29) is 11.9 Å². The molecule has 3 rings (SSSR count). The van der Waals surface area contributed by atoms with Gasteiger partial charge in [0.15, 0.2) is 0 Å². The van der Waals surface area contributed by atoms with Crippen LogP contribution in [-0.2, 0) is 11.2 Å². The number of nitrogens with zero attached hydrogens (tertiary/aromatic N) is 2. The number of para-hydroxylation sites is 1. The molecule has 1 aliphatic heterocycles. The fraction of sp³-hybridized carbons (Fsp3) is 0.458. The van der Waals surface area contributed by atoms with E-state index >= 15 is 0 Å². The molecule has 0 spiro atoms. The van der Waals surface area contributed by atoms with E-state index in [0.717, 1.165) is 32.6 Å². The van der Waals surface area contributed by atoms with E-state index in [1.807, 2.05) is 6.07 Å². The van der Waals surface area contributed by atoms with Crippen LogP contribution in [0.1, 0.15) is 37.9 Å². The zero-order valence-corrected chi connectivity index (χ0v) is 17.4. The number of carbonyl (C=O) groups excluding carboxylic acids is 1. The van der Waals surface area contributed by atoms with Crippen molar-refractivity contribution in [1.29, 1.82) is 0 Å². The Morgan fingerprint density at radius 1 is 0.964 bits per heavy atom. The molecule has 0 aromatic heterocycles. The van der Waals surface area contributed by atoms with Gasteiger partial charge in [-0.25, -0.2) is 0 Å². The molecule has 0 unspecified atom stereocenters. The molecule has 1 heterocycles. The Bertz CT molecular complexity index is 734. The third-order valence-corrected chi connectivity index (χ3v) is 5.59. The lowest BCUT2D eigenvalue weighted by Gasteiger charge is -2.36. The van der Waals surface area contributed by atoms with E-state index in [0.29, 0.717) is 12.5 Å². The van der Waals surface area contributed by atoms with E-state index in [1.54, 1.807) is 0 Å². The SMILES string of the molecule is CCc1ccc([C@H](NC(=O)CN2CCN(c3ccccc3)CC2)C(C)C)cc1. The van der Waals surface area contributed by atoms with Crippen LogP contribution in [0.2, 0.25) is 0 Å². The summed E-state index contributed by atoms with van der Waals surface area (Å²) < 4.78 is 0. The Balaban J connectivity index is 1.52. The minimum Gasteiger partial charge on any atom is -0.369 e. The van der Waals surface area contributed by atoms with Gasteiger partial charge in [-0.2, -0.15) is 0 Å². The lowest BCUT2D eigenvalue weighted by molar-refractivity contribution is -0.123. The van der Waals surface area contributed by atoms with Crippen LogP contribution in [0.3, 0.4) is 0 Å². The number of aryl methyl sites for hydroxylation is 1. The van der Waals surface area contributed by atoms with Crippen molar-refractivity contribution < 1.29 is 4.79 Å². The van der Waals surface area contributed by atoms with E-state index in [4.69, 9.17) is 0 Å². The highest BCUT2D eigenvalue weighted by molar-refractivity contribution is 5.78. The standard InChI is InChI=1S/C24H33N3O/c1-4-20-10-12-21(13-11-20)24(19(2)3)25-23(28)18-26-14-16-27(17-15-26)22-8-6-5-7-9-22/h5-13,19,24H,4,14-18H2,1-3H3,(H,25,28)/t24-/m1/s1. The summed E-state index contributed by atoms with van der Waals surface area (Å²) in [6.07, 6.45) is 1.04. The molecule has 0 bridgehead atoms. The van der Waals surface area contributed by atoms with Crippen molar-refractivity contribution in [2.75, 3.05) is 37.6 Å². The van der Waals surface area contributed by atoms with Crippen molar-refractivity contribution in [2.45, 2.75) is 33.2 Å². The first kappa shape index (κ1) is 20.4. The van der Waals surface area contributed by atoms with Gasteiger partial charge in [-0.3, -0.25) is 9.69 Å². The molecule has 1 aliphatic rings. The molecular weight excluding hydrogens is 346 g/mol. The average Bonchev–Trinajstić information content (AvgIpc) is 2.73. The summed E-state index contributed by atoms with van der Waals surface area (Å²) in [4.78, 5) is 17.4. The van der Waals surface area contributed by atoms with E-state index in [1.165, 1.54) is 16.8 Å². The number of amides is 1. The van der Waals surface area contributed by atoms with Crippen LogP contribution in [0.5, 0.6) is 0 Å². The number of hydrogen-bond donors (Lipinski definition) is 1. The largest absolute Gasteiger partial charge is 0.369 e. The van der Waals surface area contributed by atoms with Gasteiger partial charge in [0, 0.05) is 31.9 Å². The van der Waals surface area contributed by atoms with Gasteiger partial charge in [-0.15, -0.1) is 0 Å². The minimum atomic E-state index is 0.0593. The Hall–Kier alpha value is -2.33. The summed E-state index contributed by atoms with van der Waals surface area (Å²) in [6, 6.07) is 19.2. The quantitative estimate of drug-likeness (QED) is 0.793. The number of hydrogen-bond acceptors (Lipinski definition) is 3.